The molecule has 0 spiro atoms. The van der Waals surface area contributed by atoms with Crippen molar-refractivity contribution >= 4 is 5.91 Å². The maximum Gasteiger partial charge on any atom is 0.254 e. The predicted octanol–water partition coefficient (Wildman–Crippen LogP) is 3.27. The van der Waals surface area contributed by atoms with E-state index in [0.29, 0.717) is 31.9 Å². The summed E-state index contributed by atoms with van der Waals surface area (Å²) in [6.45, 7) is 2.45. The van der Waals surface area contributed by atoms with E-state index in [1.54, 1.807) is 17.1 Å². The van der Waals surface area contributed by atoms with Gasteiger partial charge in [-0.05, 0) is 17.5 Å². The third-order valence-corrected chi connectivity index (χ3v) is 3.95. The van der Waals surface area contributed by atoms with E-state index in [9.17, 15) is 4.79 Å². The summed E-state index contributed by atoms with van der Waals surface area (Å²) in [6.07, 6.45) is 4.15. The highest BCUT2D eigenvalue weighted by atomic mass is 16.5. The van der Waals surface area contributed by atoms with Crippen molar-refractivity contribution in [1.82, 2.24) is 15.1 Å². The molecule has 1 aromatic heterocycles. The monoisotopic (exact) mass is 349 g/mol. The van der Waals surface area contributed by atoms with Crippen molar-refractivity contribution in [2.45, 2.75) is 19.6 Å². The Bertz CT molecular complexity index is 800. The SMILES string of the molecule is O=C(NCCCOCc1ccccc1)c1cnn(Cc2ccccc2)c1. The minimum absolute atomic E-state index is 0.104. The lowest BCUT2D eigenvalue weighted by molar-refractivity contribution is 0.0934. The van der Waals surface area contributed by atoms with Crippen LogP contribution in [0.3, 0.4) is 0 Å². The van der Waals surface area contributed by atoms with Gasteiger partial charge in [0, 0.05) is 19.3 Å². The molecule has 0 unspecified atom stereocenters. The van der Waals surface area contributed by atoms with E-state index < -0.39 is 0 Å². The van der Waals surface area contributed by atoms with Gasteiger partial charge in [-0.25, -0.2) is 0 Å². The van der Waals surface area contributed by atoms with E-state index in [4.69, 9.17) is 4.74 Å². The Kier molecular flexibility index (Phi) is 6.56. The summed E-state index contributed by atoms with van der Waals surface area (Å²) in [5.74, 6) is -0.104. The first-order chi connectivity index (χ1) is 12.8. The zero-order chi connectivity index (χ0) is 18.0. The highest BCUT2D eigenvalue weighted by molar-refractivity contribution is 5.93. The number of aromatic nitrogens is 2. The minimum Gasteiger partial charge on any atom is -0.377 e. The van der Waals surface area contributed by atoms with Gasteiger partial charge in [0.1, 0.15) is 0 Å². The topological polar surface area (TPSA) is 56.1 Å². The van der Waals surface area contributed by atoms with E-state index in [-0.39, 0.29) is 5.91 Å². The summed E-state index contributed by atoms with van der Waals surface area (Å²) in [4.78, 5) is 12.2. The van der Waals surface area contributed by atoms with Gasteiger partial charge in [0.25, 0.3) is 5.91 Å². The van der Waals surface area contributed by atoms with Crippen LogP contribution in [0.2, 0.25) is 0 Å². The van der Waals surface area contributed by atoms with Gasteiger partial charge < -0.3 is 10.1 Å². The molecule has 26 heavy (non-hydrogen) atoms. The molecule has 0 atom stereocenters. The van der Waals surface area contributed by atoms with Crippen LogP contribution in [0.1, 0.15) is 27.9 Å². The Balaban J connectivity index is 1.35. The smallest absolute Gasteiger partial charge is 0.254 e. The maximum absolute atomic E-state index is 12.2. The fraction of sp³-hybridized carbons (Fsp3) is 0.238. The second-order valence-corrected chi connectivity index (χ2v) is 6.06. The van der Waals surface area contributed by atoms with E-state index in [1.807, 2.05) is 60.7 Å². The summed E-state index contributed by atoms with van der Waals surface area (Å²) in [6, 6.07) is 20.1. The van der Waals surface area contributed by atoms with Crippen LogP contribution >= 0.6 is 0 Å². The molecule has 0 radical (unpaired) electrons. The molecule has 1 amide bonds. The Morgan fingerprint density at radius 3 is 2.42 bits per heavy atom. The Morgan fingerprint density at radius 2 is 1.69 bits per heavy atom. The Labute approximate surface area is 153 Å². The minimum atomic E-state index is -0.104. The number of carbonyl (C=O) groups excluding carboxylic acids is 1. The lowest BCUT2D eigenvalue weighted by Crippen LogP contribution is -2.24. The molecular weight excluding hydrogens is 326 g/mol. The average Bonchev–Trinajstić information content (AvgIpc) is 3.14. The van der Waals surface area contributed by atoms with Crippen molar-refractivity contribution in [2.24, 2.45) is 0 Å². The van der Waals surface area contributed by atoms with Gasteiger partial charge in [0.15, 0.2) is 0 Å². The number of carbonyl (C=O) groups is 1. The maximum atomic E-state index is 12.2. The molecule has 1 N–H and O–H groups in total. The summed E-state index contributed by atoms with van der Waals surface area (Å²) >= 11 is 0. The highest BCUT2D eigenvalue weighted by Gasteiger charge is 2.08. The van der Waals surface area contributed by atoms with E-state index >= 15 is 0 Å². The molecule has 0 aliphatic heterocycles. The van der Waals surface area contributed by atoms with Crippen molar-refractivity contribution in [3.63, 3.8) is 0 Å². The zero-order valence-electron chi connectivity index (χ0n) is 14.7. The largest absolute Gasteiger partial charge is 0.377 e. The Morgan fingerprint density at radius 1 is 1.00 bits per heavy atom. The molecule has 2 aromatic carbocycles. The van der Waals surface area contributed by atoms with Crippen molar-refractivity contribution in [2.75, 3.05) is 13.2 Å². The van der Waals surface area contributed by atoms with E-state index in [2.05, 4.69) is 10.4 Å². The second-order valence-electron chi connectivity index (χ2n) is 6.06. The first kappa shape index (κ1) is 17.9. The summed E-state index contributed by atoms with van der Waals surface area (Å²) in [5.41, 5.74) is 2.88. The number of benzene rings is 2. The normalized spacial score (nSPS) is 10.6. The second kappa shape index (κ2) is 9.53. The number of hydrogen-bond donors (Lipinski definition) is 1. The molecule has 5 nitrogen and oxygen atoms in total. The molecule has 1 heterocycles. The summed E-state index contributed by atoms with van der Waals surface area (Å²) < 4.78 is 7.38. The van der Waals surface area contributed by atoms with Crippen LogP contribution in [-0.2, 0) is 17.9 Å². The molecular formula is C21H23N3O2. The van der Waals surface area contributed by atoms with Crippen molar-refractivity contribution in [1.29, 1.82) is 0 Å². The number of amides is 1. The summed E-state index contributed by atoms with van der Waals surface area (Å²) in [5, 5.41) is 7.16. The molecule has 3 rings (SSSR count). The third kappa shape index (κ3) is 5.57. The van der Waals surface area contributed by atoms with Gasteiger partial charge in [-0.15, -0.1) is 0 Å². The lowest BCUT2D eigenvalue weighted by Gasteiger charge is -2.05. The molecule has 134 valence electrons. The standard InChI is InChI=1S/C21H23N3O2/c25-21(22-12-7-13-26-17-19-10-5-2-6-11-19)20-14-23-24(16-20)15-18-8-3-1-4-9-18/h1-6,8-11,14,16H,7,12-13,15,17H2,(H,22,25). The predicted molar refractivity (Wildman–Crippen MR) is 101 cm³/mol. The molecule has 0 bridgehead atoms. The van der Waals surface area contributed by atoms with Gasteiger partial charge >= 0.3 is 0 Å². The first-order valence-corrected chi connectivity index (χ1v) is 8.77. The zero-order valence-corrected chi connectivity index (χ0v) is 14.7. The fourth-order valence-corrected chi connectivity index (χ4v) is 2.58. The van der Waals surface area contributed by atoms with E-state index in [0.717, 1.165) is 17.5 Å². The summed E-state index contributed by atoms with van der Waals surface area (Å²) in [7, 11) is 0. The molecule has 0 aliphatic carbocycles. The number of nitrogens with one attached hydrogen (secondary N) is 1. The third-order valence-electron chi connectivity index (χ3n) is 3.95. The molecule has 0 aliphatic rings. The van der Waals surface area contributed by atoms with Crippen LogP contribution < -0.4 is 5.32 Å². The van der Waals surface area contributed by atoms with Crippen molar-refractivity contribution < 1.29 is 9.53 Å². The number of rotatable bonds is 9. The van der Waals surface area contributed by atoms with Crippen LogP contribution in [0.15, 0.2) is 73.1 Å². The van der Waals surface area contributed by atoms with Gasteiger partial charge in [-0.3, -0.25) is 9.48 Å². The van der Waals surface area contributed by atoms with Gasteiger partial charge in [0.2, 0.25) is 0 Å². The van der Waals surface area contributed by atoms with E-state index in [1.165, 1.54) is 0 Å². The van der Waals surface area contributed by atoms with Crippen molar-refractivity contribution in [3.05, 3.63) is 89.7 Å². The first-order valence-electron chi connectivity index (χ1n) is 8.77. The quantitative estimate of drug-likeness (QED) is 0.603. The van der Waals surface area contributed by atoms with Gasteiger partial charge in [-0.2, -0.15) is 5.10 Å². The van der Waals surface area contributed by atoms with Gasteiger partial charge in [0.05, 0.1) is 24.9 Å². The van der Waals surface area contributed by atoms with Crippen LogP contribution in [0.25, 0.3) is 0 Å². The fourth-order valence-electron chi connectivity index (χ4n) is 2.58. The molecule has 0 saturated carbocycles. The lowest BCUT2D eigenvalue weighted by atomic mass is 10.2. The number of hydrogen-bond acceptors (Lipinski definition) is 3. The average molecular weight is 349 g/mol. The molecule has 3 aromatic rings. The Hall–Kier alpha value is -2.92. The van der Waals surface area contributed by atoms with Crippen LogP contribution in [-0.4, -0.2) is 28.8 Å². The molecule has 0 saturated heterocycles. The van der Waals surface area contributed by atoms with Crippen LogP contribution in [0.4, 0.5) is 0 Å². The highest BCUT2D eigenvalue weighted by Crippen LogP contribution is 2.04. The number of nitrogens with zero attached hydrogens (tertiary/aromatic N) is 2. The van der Waals surface area contributed by atoms with Crippen LogP contribution in [0, 0.1) is 0 Å². The number of ether oxygens (including phenoxy) is 1. The molecule has 0 fully saturated rings. The van der Waals surface area contributed by atoms with Gasteiger partial charge in [-0.1, -0.05) is 60.7 Å². The van der Waals surface area contributed by atoms with Crippen molar-refractivity contribution in [3.8, 4) is 0 Å². The molecule has 5 heteroatoms. The van der Waals surface area contributed by atoms with Crippen LogP contribution in [0.5, 0.6) is 0 Å².